The molecule has 186 valence electrons. The topological polar surface area (TPSA) is 97.2 Å². The molecule has 35 heavy (non-hydrogen) atoms. The van der Waals surface area contributed by atoms with Gasteiger partial charge in [0.15, 0.2) is 0 Å². The molecule has 0 unspecified atom stereocenters. The molecule has 1 fully saturated rings. The van der Waals surface area contributed by atoms with Crippen molar-refractivity contribution in [2.24, 2.45) is 7.05 Å². The Morgan fingerprint density at radius 3 is 2.51 bits per heavy atom. The van der Waals surface area contributed by atoms with E-state index < -0.39 is 33.0 Å². The SMILES string of the molecule is Cn1cc(S(=O)(=O)N2CCC(CNC(=O)c3cc(F)c(Cl)cc3Cl)(c3ncccc3F)CC2)cn1. The van der Waals surface area contributed by atoms with E-state index in [2.05, 4.69) is 15.4 Å². The van der Waals surface area contributed by atoms with E-state index in [9.17, 15) is 22.0 Å². The molecule has 8 nitrogen and oxygen atoms in total. The van der Waals surface area contributed by atoms with Crippen LogP contribution in [0.3, 0.4) is 0 Å². The number of benzene rings is 1. The second kappa shape index (κ2) is 9.81. The smallest absolute Gasteiger partial charge is 0.252 e. The number of nitrogens with zero attached hydrogens (tertiary/aromatic N) is 4. The molecule has 3 heterocycles. The lowest BCUT2D eigenvalue weighted by atomic mass is 9.75. The molecule has 3 aromatic rings. The summed E-state index contributed by atoms with van der Waals surface area (Å²) in [6, 6.07) is 4.76. The Morgan fingerprint density at radius 2 is 1.89 bits per heavy atom. The van der Waals surface area contributed by atoms with Crippen molar-refractivity contribution in [3.05, 3.63) is 75.8 Å². The van der Waals surface area contributed by atoms with Gasteiger partial charge in [-0.15, -0.1) is 0 Å². The Morgan fingerprint density at radius 1 is 1.17 bits per heavy atom. The third kappa shape index (κ3) is 5.04. The molecule has 0 spiro atoms. The van der Waals surface area contributed by atoms with Crippen LogP contribution in [0, 0.1) is 11.6 Å². The summed E-state index contributed by atoms with van der Waals surface area (Å²) in [7, 11) is -2.18. The van der Waals surface area contributed by atoms with Gasteiger partial charge < -0.3 is 5.32 Å². The predicted molar refractivity (Wildman–Crippen MR) is 126 cm³/mol. The van der Waals surface area contributed by atoms with E-state index in [4.69, 9.17) is 23.2 Å². The molecule has 0 saturated carbocycles. The van der Waals surface area contributed by atoms with Gasteiger partial charge in [-0.3, -0.25) is 14.5 Å². The Hall–Kier alpha value is -2.60. The van der Waals surface area contributed by atoms with Crippen LogP contribution < -0.4 is 5.32 Å². The molecule has 2 aromatic heterocycles. The average molecular weight is 544 g/mol. The molecule has 1 aromatic carbocycles. The van der Waals surface area contributed by atoms with Crippen molar-refractivity contribution < 1.29 is 22.0 Å². The maximum atomic E-state index is 14.8. The van der Waals surface area contributed by atoms with E-state index in [0.29, 0.717) is 0 Å². The Kier molecular flexibility index (Phi) is 7.14. The molecular formula is C22H21Cl2F2N5O3S. The second-order valence-electron chi connectivity index (χ2n) is 8.30. The summed E-state index contributed by atoms with van der Waals surface area (Å²) in [6.45, 7) is 0.0694. The highest BCUT2D eigenvalue weighted by Gasteiger charge is 2.43. The quantitative estimate of drug-likeness (QED) is 0.479. The first-order valence-electron chi connectivity index (χ1n) is 10.6. The van der Waals surface area contributed by atoms with Crippen LogP contribution in [0.1, 0.15) is 28.9 Å². The fourth-order valence-electron chi connectivity index (χ4n) is 4.15. The number of hydrogen-bond acceptors (Lipinski definition) is 5. The summed E-state index contributed by atoms with van der Waals surface area (Å²) in [5, 5.41) is 6.35. The van der Waals surface area contributed by atoms with Crippen molar-refractivity contribution in [3.8, 4) is 0 Å². The number of carbonyl (C=O) groups is 1. The van der Waals surface area contributed by atoms with Crippen LogP contribution in [0.4, 0.5) is 8.78 Å². The van der Waals surface area contributed by atoms with E-state index in [1.165, 1.54) is 39.7 Å². The van der Waals surface area contributed by atoms with Crippen LogP contribution in [0.25, 0.3) is 0 Å². The minimum absolute atomic E-state index is 0.0376. The van der Waals surface area contributed by atoms with E-state index in [1.807, 2.05) is 0 Å². The first-order valence-corrected chi connectivity index (χ1v) is 12.8. The molecule has 0 aliphatic carbocycles. The Bertz CT molecular complexity index is 1380. The first kappa shape index (κ1) is 25.5. The van der Waals surface area contributed by atoms with Crippen LogP contribution in [0.15, 0.2) is 47.8 Å². The molecule has 4 rings (SSSR count). The lowest BCUT2D eigenvalue weighted by Crippen LogP contribution is -2.51. The molecule has 0 bridgehead atoms. The van der Waals surface area contributed by atoms with Crippen molar-refractivity contribution >= 4 is 39.1 Å². The number of carbonyl (C=O) groups excluding carboxylic acids is 1. The van der Waals surface area contributed by atoms with Gasteiger partial charge >= 0.3 is 0 Å². The van der Waals surface area contributed by atoms with Crippen LogP contribution >= 0.6 is 23.2 Å². The van der Waals surface area contributed by atoms with Crippen LogP contribution in [-0.4, -0.2) is 53.0 Å². The number of rotatable bonds is 6. The third-order valence-corrected chi connectivity index (χ3v) is 8.56. The lowest BCUT2D eigenvalue weighted by molar-refractivity contribution is 0.0930. The summed E-state index contributed by atoms with van der Waals surface area (Å²) in [4.78, 5) is 17.1. The molecule has 13 heteroatoms. The normalized spacial score (nSPS) is 16.3. The number of aryl methyl sites for hydroxylation is 1. The van der Waals surface area contributed by atoms with Crippen LogP contribution in [-0.2, 0) is 22.5 Å². The summed E-state index contributed by atoms with van der Waals surface area (Å²) in [5.74, 6) is -2.05. The zero-order valence-corrected chi connectivity index (χ0v) is 20.8. The lowest BCUT2D eigenvalue weighted by Gasteiger charge is -2.41. The zero-order valence-electron chi connectivity index (χ0n) is 18.5. The molecule has 1 N–H and O–H groups in total. The number of pyridine rings is 1. The van der Waals surface area contributed by atoms with Gasteiger partial charge in [0.2, 0.25) is 10.0 Å². The summed E-state index contributed by atoms with van der Waals surface area (Å²) in [5.41, 5.74) is -1.01. The highest BCUT2D eigenvalue weighted by molar-refractivity contribution is 7.89. The number of hydrogen-bond donors (Lipinski definition) is 1. The van der Waals surface area contributed by atoms with Gasteiger partial charge in [-0.1, -0.05) is 23.2 Å². The monoisotopic (exact) mass is 543 g/mol. The molecule has 1 aliphatic rings. The molecular weight excluding hydrogens is 523 g/mol. The standard InChI is InChI=1S/C22H21Cl2F2N5O3S/c1-30-12-14(11-29-30)35(33,34)31-7-4-22(5-8-31,20-18(25)3-2-6-27-20)13-28-21(32)15-9-19(26)17(24)10-16(15)23/h2-3,6,9-12H,4-5,7-8,13H2,1H3,(H,28,32). The van der Waals surface area contributed by atoms with Gasteiger partial charge in [-0.25, -0.2) is 17.2 Å². The minimum Gasteiger partial charge on any atom is -0.351 e. The van der Waals surface area contributed by atoms with Gasteiger partial charge in [-0.2, -0.15) is 9.40 Å². The highest BCUT2D eigenvalue weighted by Crippen LogP contribution is 2.37. The Balaban J connectivity index is 1.58. The predicted octanol–water partition coefficient (Wildman–Crippen LogP) is 3.55. The van der Waals surface area contributed by atoms with Crippen molar-refractivity contribution in [1.29, 1.82) is 0 Å². The maximum Gasteiger partial charge on any atom is 0.252 e. The van der Waals surface area contributed by atoms with Crippen molar-refractivity contribution in [3.63, 3.8) is 0 Å². The molecule has 0 radical (unpaired) electrons. The summed E-state index contributed by atoms with van der Waals surface area (Å²) >= 11 is 11.8. The molecule has 1 saturated heterocycles. The third-order valence-electron chi connectivity index (χ3n) is 6.10. The number of halogens is 4. The number of piperidine rings is 1. The second-order valence-corrected chi connectivity index (χ2v) is 11.0. The van der Waals surface area contributed by atoms with Gasteiger partial charge in [0.25, 0.3) is 5.91 Å². The van der Waals surface area contributed by atoms with E-state index in [0.717, 1.165) is 12.1 Å². The summed E-state index contributed by atoms with van der Waals surface area (Å²) in [6.07, 6.45) is 4.48. The maximum absolute atomic E-state index is 14.8. The van der Waals surface area contributed by atoms with Gasteiger partial charge in [0.05, 0.1) is 27.5 Å². The van der Waals surface area contributed by atoms with Gasteiger partial charge in [0.1, 0.15) is 16.5 Å². The average Bonchev–Trinajstić information content (AvgIpc) is 3.27. The fourth-order valence-corrected chi connectivity index (χ4v) is 6.05. The van der Waals surface area contributed by atoms with E-state index in [1.54, 1.807) is 7.05 Å². The van der Waals surface area contributed by atoms with E-state index >= 15 is 0 Å². The van der Waals surface area contributed by atoms with Gasteiger partial charge in [0, 0.05) is 44.5 Å². The van der Waals surface area contributed by atoms with Crippen LogP contribution in [0.5, 0.6) is 0 Å². The van der Waals surface area contributed by atoms with Gasteiger partial charge in [-0.05, 0) is 37.1 Å². The largest absolute Gasteiger partial charge is 0.351 e. The van der Waals surface area contributed by atoms with E-state index in [-0.39, 0.29) is 58.7 Å². The number of nitrogens with one attached hydrogen (secondary N) is 1. The van der Waals surface area contributed by atoms with Crippen molar-refractivity contribution in [2.45, 2.75) is 23.2 Å². The molecule has 0 atom stereocenters. The minimum atomic E-state index is -3.80. The number of amides is 1. The number of sulfonamides is 1. The van der Waals surface area contributed by atoms with Crippen molar-refractivity contribution in [2.75, 3.05) is 19.6 Å². The summed E-state index contributed by atoms with van der Waals surface area (Å²) < 4.78 is 57.5. The Labute approximate surface area is 210 Å². The molecule has 1 amide bonds. The highest BCUT2D eigenvalue weighted by atomic mass is 35.5. The van der Waals surface area contributed by atoms with Crippen molar-refractivity contribution in [1.82, 2.24) is 24.4 Å². The first-order chi connectivity index (χ1) is 16.5. The zero-order chi connectivity index (χ0) is 25.4. The fraction of sp³-hybridized carbons (Fsp3) is 0.318. The number of aromatic nitrogens is 3. The van der Waals surface area contributed by atoms with Crippen LogP contribution in [0.2, 0.25) is 10.0 Å². The molecule has 1 aliphatic heterocycles.